The highest BCUT2D eigenvalue weighted by Crippen LogP contribution is 2.22. The van der Waals surface area contributed by atoms with Crippen LogP contribution < -0.4 is 10.6 Å². The van der Waals surface area contributed by atoms with Gasteiger partial charge >= 0.3 is 5.97 Å². The van der Waals surface area contributed by atoms with E-state index in [4.69, 9.17) is 0 Å². The molecule has 1 aromatic carbocycles. The lowest BCUT2D eigenvalue weighted by Crippen LogP contribution is -2.16. The smallest absolute Gasteiger partial charge is 0.337 e. The number of esters is 1. The average molecular weight is 312 g/mol. The second kappa shape index (κ2) is 6.43. The Bertz CT molecular complexity index is 726. The van der Waals surface area contributed by atoms with Crippen LogP contribution in [0.3, 0.4) is 0 Å². The minimum Gasteiger partial charge on any atom is -0.465 e. The number of benzene rings is 1. The van der Waals surface area contributed by atoms with Crippen molar-refractivity contribution in [1.82, 2.24) is 9.97 Å². The molecule has 1 saturated carbocycles. The third kappa shape index (κ3) is 3.82. The maximum Gasteiger partial charge on any atom is 0.337 e. The SMILES string of the molecule is COC(=O)c1ccc(NC(=O)c2ccnc(NC3CC3)n2)cc1. The molecule has 7 nitrogen and oxygen atoms in total. The molecule has 0 aliphatic heterocycles. The molecule has 0 unspecified atom stereocenters. The number of ether oxygens (including phenoxy) is 1. The summed E-state index contributed by atoms with van der Waals surface area (Å²) in [6.07, 6.45) is 3.76. The Kier molecular flexibility index (Phi) is 4.18. The normalized spacial score (nSPS) is 13.3. The number of amides is 1. The van der Waals surface area contributed by atoms with Gasteiger partial charge in [-0.15, -0.1) is 0 Å². The van der Waals surface area contributed by atoms with Gasteiger partial charge in [-0.2, -0.15) is 0 Å². The molecule has 7 heteroatoms. The first-order valence-electron chi connectivity index (χ1n) is 7.25. The number of hydrogen-bond acceptors (Lipinski definition) is 6. The molecule has 1 aliphatic rings. The summed E-state index contributed by atoms with van der Waals surface area (Å²) in [6, 6.07) is 8.40. The van der Waals surface area contributed by atoms with Crippen molar-refractivity contribution in [1.29, 1.82) is 0 Å². The lowest BCUT2D eigenvalue weighted by Gasteiger charge is -2.07. The molecule has 2 N–H and O–H groups in total. The first-order valence-corrected chi connectivity index (χ1v) is 7.25. The van der Waals surface area contributed by atoms with Crippen molar-refractivity contribution >= 4 is 23.5 Å². The molecule has 1 aromatic heterocycles. The van der Waals surface area contributed by atoms with Gasteiger partial charge in [-0.1, -0.05) is 0 Å². The molecule has 3 rings (SSSR count). The Morgan fingerprint density at radius 3 is 2.57 bits per heavy atom. The predicted molar refractivity (Wildman–Crippen MR) is 84.4 cm³/mol. The van der Waals surface area contributed by atoms with Crippen LogP contribution in [0.1, 0.15) is 33.7 Å². The summed E-state index contributed by atoms with van der Waals surface area (Å²) in [7, 11) is 1.32. The lowest BCUT2D eigenvalue weighted by molar-refractivity contribution is 0.0600. The standard InChI is InChI=1S/C16H16N4O3/c1-23-15(22)10-2-4-11(5-3-10)18-14(21)13-8-9-17-16(20-13)19-12-6-7-12/h2-5,8-9,12H,6-7H2,1H3,(H,18,21)(H,17,19,20). The molecular weight excluding hydrogens is 296 g/mol. The summed E-state index contributed by atoms with van der Waals surface area (Å²) in [4.78, 5) is 31.9. The summed E-state index contributed by atoms with van der Waals surface area (Å²) in [5, 5.41) is 5.88. The number of methoxy groups -OCH3 is 1. The number of nitrogens with zero attached hydrogens (tertiary/aromatic N) is 2. The summed E-state index contributed by atoms with van der Waals surface area (Å²) >= 11 is 0. The summed E-state index contributed by atoms with van der Waals surface area (Å²) in [5.41, 5.74) is 1.27. The van der Waals surface area contributed by atoms with Gasteiger partial charge < -0.3 is 15.4 Å². The van der Waals surface area contributed by atoms with Crippen molar-refractivity contribution in [3.8, 4) is 0 Å². The molecule has 0 spiro atoms. The highest BCUT2D eigenvalue weighted by atomic mass is 16.5. The van der Waals surface area contributed by atoms with Crippen molar-refractivity contribution in [2.24, 2.45) is 0 Å². The number of nitrogens with one attached hydrogen (secondary N) is 2. The van der Waals surface area contributed by atoms with Crippen LogP contribution in [-0.4, -0.2) is 35.0 Å². The molecule has 1 heterocycles. The van der Waals surface area contributed by atoms with Gasteiger partial charge in [-0.3, -0.25) is 4.79 Å². The zero-order valence-electron chi connectivity index (χ0n) is 12.6. The minimum absolute atomic E-state index is 0.278. The van der Waals surface area contributed by atoms with Crippen LogP contribution in [0, 0.1) is 0 Å². The Morgan fingerprint density at radius 1 is 1.17 bits per heavy atom. The van der Waals surface area contributed by atoms with E-state index in [-0.39, 0.29) is 11.6 Å². The van der Waals surface area contributed by atoms with Crippen molar-refractivity contribution in [2.75, 3.05) is 17.7 Å². The van der Waals surface area contributed by atoms with Crippen LogP contribution in [0.15, 0.2) is 36.5 Å². The van der Waals surface area contributed by atoms with Gasteiger partial charge in [-0.05, 0) is 43.2 Å². The zero-order chi connectivity index (χ0) is 16.2. The van der Waals surface area contributed by atoms with Crippen molar-refractivity contribution in [2.45, 2.75) is 18.9 Å². The number of carbonyl (C=O) groups excluding carboxylic acids is 2. The third-order valence-corrected chi connectivity index (χ3v) is 3.36. The van der Waals surface area contributed by atoms with Crippen LogP contribution in [0.4, 0.5) is 11.6 Å². The fourth-order valence-corrected chi connectivity index (χ4v) is 1.97. The second-order valence-electron chi connectivity index (χ2n) is 5.21. The molecule has 1 amide bonds. The van der Waals surface area contributed by atoms with E-state index in [1.54, 1.807) is 36.5 Å². The van der Waals surface area contributed by atoms with E-state index in [0.717, 1.165) is 12.8 Å². The van der Waals surface area contributed by atoms with E-state index in [1.165, 1.54) is 7.11 Å². The van der Waals surface area contributed by atoms with Crippen LogP contribution in [0.25, 0.3) is 0 Å². The lowest BCUT2D eigenvalue weighted by atomic mass is 10.2. The maximum absolute atomic E-state index is 12.2. The highest BCUT2D eigenvalue weighted by Gasteiger charge is 2.22. The number of anilines is 2. The first-order chi connectivity index (χ1) is 11.2. The molecule has 0 bridgehead atoms. The number of rotatable bonds is 5. The third-order valence-electron chi connectivity index (χ3n) is 3.36. The van der Waals surface area contributed by atoms with Crippen LogP contribution in [-0.2, 0) is 4.74 Å². The summed E-state index contributed by atoms with van der Waals surface area (Å²) in [6.45, 7) is 0. The van der Waals surface area contributed by atoms with Gasteiger partial charge in [0.05, 0.1) is 12.7 Å². The van der Waals surface area contributed by atoms with E-state index in [2.05, 4.69) is 25.3 Å². The fourth-order valence-electron chi connectivity index (χ4n) is 1.97. The molecule has 2 aromatic rings. The molecule has 0 radical (unpaired) electrons. The molecule has 0 saturated heterocycles. The van der Waals surface area contributed by atoms with Gasteiger partial charge in [0, 0.05) is 17.9 Å². The predicted octanol–water partition coefficient (Wildman–Crippen LogP) is 2.09. The average Bonchev–Trinajstić information content (AvgIpc) is 3.39. The molecule has 118 valence electrons. The van der Waals surface area contributed by atoms with Crippen molar-refractivity contribution in [3.05, 3.63) is 47.8 Å². The summed E-state index contributed by atoms with van der Waals surface area (Å²) < 4.78 is 4.63. The first kappa shape index (κ1) is 15.0. The maximum atomic E-state index is 12.2. The minimum atomic E-state index is -0.422. The quantitative estimate of drug-likeness (QED) is 0.821. The van der Waals surface area contributed by atoms with Crippen molar-refractivity contribution < 1.29 is 14.3 Å². The van der Waals surface area contributed by atoms with Gasteiger partial charge in [0.2, 0.25) is 5.95 Å². The Labute approximate surface area is 133 Å². The fraction of sp³-hybridized carbons (Fsp3) is 0.250. The monoisotopic (exact) mass is 312 g/mol. The highest BCUT2D eigenvalue weighted by molar-refractivity contribution is 6.03. The van der Waals surface area contributed by atoms with E-state index in [0.29, 0.717) is 23.2 Å². The van der Waals surface area contributed by atoms with Crippen LogP contribution in [0.2, 0.25) is 0 Å². The second-order valence-corrected chi connectivity index (χ2v) is 5.21. The topological polar surface area (TPSA) is 93.2 Å². The number of hydrogen-bond donors (Lipinski definition) is 2. The molecule has 23 heavy (non-hydrogen) atoms. The Hall–Kier alpha value is -2.96. The zero-order valence-corrected chi connectivity index (χ0v) is 12.6. The van der Waals surface area contributed by atoms with Gasteiger partial charge in [0.25, 0.3) is 5.91 Å². The summed E-state index contributed by atoms with van der Waals surface area (Å²) in [5.74, 6) is -0.298. The van der Waals surface area contributed by atoms with Crippen LogP contribution in [0.5, 0.6) is 0 Å². The largest absolute Gasteiger partial charge is 0.465 e. The molecular formula is C16H16N4O3. The van der Waals surface area contributed by atoms with Gasteiger partial charge in [-0.25, -0.2) is 14.8 Å². The van der Waals surface area contributed by atoms with E-state index in [9.17, 15) is 9.59 Å². The Balaban J connectivity index is 1.67. The van der Waals surface area contributed by atoms with Crippen LogP contribution >= 0.6 is 0 Å². The van der Waals surface area contributed by atoms with Gasteiger partial charge in [0.15, 0.2) is 0 Å². The Morgan fingerprint density at radius 2 is 1.91 bits per heavy atom. The molecule has 1 fully saturated rings. The van der Waals surface area contributed by atoms with Gasteiger partial charge in [0.1, 0.15) is 5.69 Å². The molecule has 1 aliphatic carbocycles. The van der Waals surface area contributed by atoms with E-state index >= 15 is 0 Å². The van der Waals surface area contributed by atoms with E-state index in [1.807, 2.05) is 0 Å². The van der Waals surface area contributed by atoms with Crippen molar-refractivity contribution in [3.63, 3.8) is 0 Å². The molecule has 0 atom stereocenters. The van der Waals surface area contributed by atoms with E-state index < -0.39 is 5.97 Å². The number of carbonyl (C=O) groups is 2. The number of aromatic nitrogens is 2.